The van der Waals surface area contributed by atoms with Crippen molar-refractivity contribution in [3.63, 3.8) is 0 Å². The van der Waals surface area contributed by atoms with Crippen LogP contribution >= 0.6 is 0 Å². The fraction of sp³-hybridized carbons (Fsp3) is 0.368. The highest BCUT2D eigenvalue weighted by molar-refractivity contribution is 5.21. The van der Waals surface area contributed by atoms with E-state index >= 15 is 0 Å². The van der Waals surface area contributed by atoms with Gasteiger partial charge in [-0.05, 0) is 25.2 Å². The molecule has 0 fully saturated rings. The molecular weight excluding hydrogens is 244 g/mol. The maximum absolute atomic E-state index is 5.34. The molecule has 1 heteroatoms. The topological polar surface area (TPSA) is 9.23 Å². The SMILES string of the molecule is C=C/C=C(\C=C)OC(=C)/C=C\C=C/C.CC.CC.CC. The largest absolute Gasteiger partial charge is 0.458 e. The Morgan fingerprint density at radius 2 is 1.40 bits per heavy atom. The van der Waals surface area contributed by atoms with Crippen LogP contribution in [0.3, 0.4) is 0 Å². The average Bonchev–Trinajstić information content (AvgIpc) is 2.53. The Morgan fingerprint density at radius 1 is 0.900 bits per heavy atom. The lowest BCUT2D eigenvalue weighted by atomic mass is 10.4. The molecule has 0 saturated carbocycles. The van der Waals surface area contributed by atoms with Crippen LogP contribution in [0.15, 0.2) is 73.8 Å². The fourth-order valence-electron chi connectivity index (χ4n) is 0.719. The molecule has 0 aromatic carbocycles. The van der Waals surface area contributed by atoms with E-state index in [9.17, 15) is 0 Å². The third-order valence-electron chi connectivity index (χ3n) is 1.32. The van der Waals surface area contributed by atoms with Crippen molar-refractivity contribution in [1.82, 2.24) is 0 Å². The van der Waals surface area contributed by atoms with Crippen LogP contribution in [-0.4, -0.2) is 0 Å². The number of hydrogen-bond acceptors (Lipinski definition) is 1. The lowest BCUT2D eigenvalue weighted by molar-refractivity contribution is 0.338. The second-order valence-electron chi connectivity index (χ2n) is 2.46. The molecule has 0 aromatic rings. The molecular formula is C19H34O. The van der Waals surface area contributed by atoms with Crippen molar-refractivity contribution in [3.05, 3.63) is 73.8 Å². The molecule has 0 aromatic heterocycles. The van der Waals surface area contributed by atoms with E-state index < -0.39 is 0 Å². The smallest absolute Gasteiger partial charge is 0.126 e. The van der Waals surface area contributed by atoms with Crippen LogP contribution in [0.5, 0.6) is 0 Å². The summed E-state index contributed by atoms with van der Waals surface area (Å²) in [4.78, 5) is 0. The molecule has 0 aliphatic rings. The zero-order chi connectivity index (χ0) is 16.8. The second kappa shape index (κ2) is 30.3. The molecule has 0 unspecified atom stereocenters. The highest BCUT2D eigenvalue weighted by atomic mass is 16.5. The van der Waals surface area contributed by atoms with Crippen LogP contribution < -0.4 is 0 Å². The summed E-state index contributed by atoms with van der Waals surface area (Å²) >= 11 is 0. The fourth-order valence-corrected chi connectivity index (χ4v) is 0.719. The Morgan fingerprint density at radius 3 is 1.75 bits per heavy atom. The minimum atomic E-state index is 0.566. The van der Waals surface area contributed by atoms with E-state index in [4.69, 9.17) is 4.74 Å². The molecule has 116 valence electrons. The molecule has 0 bridgehead atoms. The van der Waals surface area contributed by atoms with Crippen molar-refractivity contribution < 1.29 is 4.74 Å². The summed E-state index contributed by atoms with van der Waals surface area (Å²) in [5, 5.41) is 0. The molecule has 0 N–H and O–H groups in total. The first-order valence-corrected chi connectivity index (χ1v) is 7.36. The van der Waals surface area contributed by atoms with E-state index in [2.05, 4.69) is 19.7 Å². The molecule has 20 heavy (non-hydrogen) atoms. The zero-order valence-electron chi connectivity index (χ0n) is 14.6. The van der Waals surface area contributed by atoms with Crippen molar-refractivity contribution in [2.75, 3.05) is 0 Å². The molecule has 0 rings (SSSR count). The van der Waals surface area contributed by atoms with Gasteiger partial charge in [0.15, 0.2) is 0 Å². The van der Waals surface area contributed by atoms with Crippen LogP contribution in [0.1, 0.15) is 48.5 Å². The summed E-state index contributed by atoms with van der Waals surface area (Å²) in [5.41, 5.74) is 0. The third kappa shape index (κ3) is 25.2. The van der Waals surface area contributed by atoms with Crippen LogP contribution in [0.2, 0.25) is 0 Å². The highest BCUT2D eigenvalue weighted by Crippen LogP contribution is 2.07. The van der Waals surface area contributed by atoms with Crippen LogP contribution in [-0.2, 0) is 4.74 Å². The minimum Gasteiger partial charge on any atom is -0.458 e. The van der Waals surface area contributed by atoms with Gasteiger partial charge in [-0.25, -0.2) is 0 Å². The number of rotatable bonds is 6. The van der Waals surface area contributed by atoms with Gasteiger partial charge in [0, 0.05) is 0 Å². The number of ether oxygens (including phenoxy) is 1. The van der Waals surface area contributed by atoms with Gasteiger partial charge in [-0.2, -0.15) is 0 Å². The first-order chi connectivity index (χ1) is 9.74. The average molecular weight is 278 g/mol. The van der Waals surface area contributed by atoms with E-state index in [1.165, 1.54) is 0 Å². The molecule has 1 nitrogen and oxygen atoms in total. The highest BCUT2D eigenvalue weighted by Gasteiger charge is 1.91. The number of allylic oxidation sites excluding steroid dienone is 7. The van der Waals surface area contributed by atoms with Gasteiger partial charge in [0.25, 0.3) is 0 Å². The van der Waals surface area contributed by atoms with Crippen LogP contribution in [0.25, 0.3) is 0 Å². The maximum Gasteiger partial charge on any atom is 0.126 e. The van der Waals surface area contributed by atoms with Gasteiger partial charge in [-0.15, -0.1) is 0 Å². The van der Waals surface area contributed by atoms with E-state index in [1.54, 1.807) is 24.3 Å². The predicted molar refractivity (Wildman–Crippen MR) is 96.7 cm³/mol. The standard InChI is InChI=1S/C13H16O.3C2H6/c1-5-8-9-11-12(4)14-13(7-3)10-6-2;3*1-2/h5-11H,2-4H2,1H3;3*1-2H3/b8-5-,11-9-,13-10+;;;. The first-order valence-electron chi connectivity index (χ1n) is 7.36. The summed E-state index contributed by atoms with van der Waals surface area (Å²) in [6.45, 7) is 24.9. The molecule has 0 radical (unpaired) electrons. The number of hydrogen-bond donors (Lipinski definition) is 0. The Bertz CT molecular complexity index is 291. The van der Waals surface area contributed by atoms with E-state index in [0.29, 0.717) is 11.5 Å². The van der Waals surface area contributed by atoms with Gasteiger partial charge in [0.1, 0.15) is 11.5 Å². The van der Waals surface area contributed by atoms with Gasteiger partial charge in [0.05, 0.1) is 0 Å². The molecule has 0 aliphatic carbocycles. The Labute approximate surface area is 127 Å². The third-order valence-corrected chi connectivity index (χ3v) is 1.32. The molecule has 0 amide bonds. The molecule has 0 spiro atoms. The summed E-state index contributed by atoms with van der Waals surface area (Å²) in [6.07, 6.45) is 12.4. The van der Waals surface area contributed by atoms with E-state index in [1.807, 2.05) is 66.7 Å². The van der Waals surface area contributed by atoms with Crippen molar-refractivity contribution in [3.8, 4) is 0 Å². The molecule has 0 atom stereocenters. The normalized spacial score (nSPS) is 9.25. The van der Waals surface area contributed by atoms with E-state index in [-0.39, 0.29) is 0 Å². The zero-order valence-corrected chi connectivity index (χ0v) is 14.6. The van der Waals surface area contributed by atoms with Crippen molar-refractivity contribution >= 4 is 0 Å². The quantitative estimate of drug-likeness (QED) is 0.376. The van der Waals surface area contributed by atoms with Crippen molar-refractivity contribution in [2.45, 2.75) is 48.5 Å². The Hall–Kier alpha value is -1.76. The monoisotopic (exact) mass is 278 g/mol. The van der Waals surface area contributed by atoms with Crippen molar-refractivity contribution in [1.29, 1.82) is 0 Å². The molecule has 0 aliphatic heterocycles. The Balaban J connectivity index is -0.000000187. The van der Waals surface area contributed by atoms with Crippen LogP contribution in [0.4, 0.5) is 0 Å². The summed E-state index contributed by atoms with van der Waals surface area (Å²) in [7, 11) is 0. The summed E-state index contributed by atoms with van der Waals surface area (Å²) in [6, 6.07) is 0. The summed E-state index contributed by atoms with van der Waals surface area (Å²) < 4.78 is 5.34. The van der Waals surface area contributed by atoms with Crippen molar-refractivity contribution in [2.24, 2.45) is 0 Å². The van der Waals surface area contributed by atoms with Gasteiger partial charge >= 0.3 is 0 Å². The Kier molecular flexibility index (Phi) is 40.6. The van der Waals surface area contributed by atoms with Gasteiger partial charge < -0.3 is 4.74 Å². The van der Waals surface area contributed by atoms with Crippen LogP contribution in [0, 0.1) is 0 Å². The second-order valence-corrected chi connectivity index (χ2v) is 2.46. The molecule has 0 saturated heterocycles. The lowest BCUT2D eigenvalue weighted by Crippen LogP contribution is -1.85. The van der Waals surface area contributed by atoms with Gasteiger partial charge in [-0.1, -0.05) is 85.6 Å². The van der Waals surface area contributed by atoms with Gasteiger partial charge in [-0.3, -0.25) is 0 Å². The lowest BCUT2D eigenvalue weighted by Gasteiger charge is -2.03. The van der Waals surface area contributed by atoms with E-state index in [0.717, 1.165) is 0 Å². The maximum atomic E-state index is 5.34. The minimum absolute atomic E-state index is 0.566. The summed E-state index contributed by atoms with van der Waals surface area (Å²) in [5.74, 6) is 1.20. The predicted octanol–water partition coefficient (Wildman–Crippen LogP) is 6.98. The molecule has 0 heterocycles. The van der Waals surface area contributed by atoms with Gasteiger partial charge in [0.2, 0.25) is 0 Å². The first kappa shape index (κ1) is 26.7.